The third kappa shape index (κ3) is 4.20. The van der Waals surface area contributed by atoms with Gasteiger partial charge in [0.15, 0.2) is 0 Å². The summed E-state index contributed by atoms with van der Waals surface area (Å²) in [6.07, 6.45) is 2.65. The zero-order chi connectivity index (χ0) is 12.6. The molecule has 1 heterocycles. The average molecular weight is 310 g/mol. The van der Waals surface area contributed by atoms with Crippen LogP contribution in [0.3, 0.4) is 0 Å². The van der Waals surface area contributed by atoms with Crippen molar-refractivity contribution in [3.63, 3.8) is 0 Å². The molecule has 0 atom stereocenters. The zero-order valence-electron chi connectivity index (χ0n) is 10.1. The first kappa shape index (κ1) is 13.2. The number of benzene rings is 1. The monoisotopic (exact) mass is 309 g/mol. The molecule has 0 aliphatic carbocycles. The minimum atomic E-state index is 0.719. The number of furan rings is 1. The predicted molar refractivity (Wildman–Crippen MR) is 74.7 cm³/mol. The van der Waals surface area contributed by atoms with Gasteiger partial charge < -0.3 is 14.5 Å². The van der Waals surface area contributed by atoms with Crippen LogP contribution in [0.15, 0.2) is 51.6 Å². The normalized spacial score (nSPS) is 10.5. The van der Waals surface area contributed by atoms with Crippen LogP contribution in [-0.2, 0) is 6.54 Å². The summed E-state index contributed by atoms with van der Waals surface area (Å²) < 4.78 is 11.9. The highest BCUT2D eigenvalue weighted by Crippen LogP contribution is 2.16. The Labute approximate surface area is 115 Å². The second kappa shape index (κ2) is 7.24. The van der Waals surface area contributed by atoms with Gasteiger partial charge in [0.05, 0.1) is 23.9 Å². The van der Waals surface area contributed by atoms with E-state index >= 15 is 0 Å². The fourth-order valence-electron chi connectivity index (χ4n) is 1.56. The number of hydrogen-bond acceptors (Lipinski definition) is 3. The summed E-state index contributed by atoms with van der Waals surface area (Å²) in [5.41, 5.74) is 0. The Morgan fingerprint density at radius 3 is 2.72 bits per heavy atom. The Bertz CT molecular complexity index is 456. The van der Waals surface area contributed by atoms with Crippen LogP contribution in [-0.4, -0.2) is 13.2 Å². The van der Waals surface area contributed by atoms with E-state index in [1.807, 2.05) is 36.4 Å². The van der Waals surface area contributed by atoms with Gasteiger partial charge in [-0.2, -0.15) is 0 Å². The molecule has 0 spiro atoms. The Kier molecular flexibility index (Phi) is 5.30. The van der Waals surface area contributed by atoms with Crippen molar-refractivity contribution in [3.8, 4) is 5.75 Å². The summed E-state index contributed by atoms with van der Waals surface area (Å²) in [5.74, 6) is 1.85. The molecule has 96 valence electrons. The van der Waals surface area contributed by atoms with Crippen molar-refractivity contribution in [1.82, 2.24) is 5.32 Å². The smallest absolute Gasteiger partial charge is 0.131 e. The average Bonchev–Trinajstić information content (AvgIpc) is 2.81. The largest absolute Gasteiger partial charge is 0.494 e. The van der Waals surface area contributed by atoms with Gasteiger partial charge in [-0.1, -0.05) is 18.2 Å². The molecule has 0 radical (unpaired) electrons. The summed E-state index contributed by atoms with van der Waals surface area (Å²) >= 11 is 3.42. The maximum absolute atomic E-state index is 5.59. The van der Waals surface area contributed by atoms with E-state index in [2.05, 4.69) is 21.2 Å². The van der Waals surface area contributed by atoms with Crippen molar-refractivity contribution < 1.29 is 9.15 Å². The molecule has 0 saturated carbocycles. The summed E-state index contributed by atoms with van der Waals surface area (Å²) in [6, 6.07) is 11.8. The van der Waals surface area contributed by atoms with Crippen LogP contribution < -0.4 is 10.1 Å². The standard InChI is InChI=1S/C14H16BrNO2/c15-13-7-10-18-14(13)11-16-8-4-9-17-12-5-2-1-3-6-12/h1-3,5-7,10,16H,4,8-9,11H2. The van der Waals surface area contributed by atoms with Crippen LogP contribution in [0, 0.1) is 0 Å². The van der Waals surface area contributed by atoms with Crippen LogP contribution in [0.5, 0.6) is 5.75 Å². The van der Waals surface area contributed by atoms with Crippen LogP contribution in [0.2, 0.25) is 0 Å². The third-order valence-corrected chi connectivity index (χ3v) is 3.19. The number of hydrogen-bond donors (Lipinski definition) is 1. The molecule has 0 aliphatic rings. The fraction of sp³-hybridized carbons (Fsp3) is 0.286. The molecule has 0 aliphatic heterocycles. The van der Waals surface area contributed by atoms with Crippen LogP contribution in [0.4, 0.5) is 0 Å². The topological polar surface area (TPSA) is 34.4 Å². The SMILES string of the molecule is Brc1ccoc1CNCCCOc1ccccc1. The molecule has 1 N–H and O–H groups in total. The van der Waals surface area contributed by atoms with Gasteiger partial charge in [-0.05, 0) is 47.1 Å². The van der Waals surface area contributed by atoms with E-state index in [9.17, 15) is 0 Å². The molecule has 0 fully saturated rings. The Balaban J connectivity index is 1.56. The van der Waals surface area contributed by atoms with Crippen molar-refractivity contribution in [3.05, 3.63) is 52.9 Å². The molecular weight excluding hydrogens is 294 g/mol. The van der Waals surface area contributed by atoms with Crippen molar-refractivity contribution in [1.29, 1.82) is 0 Å². The Morgan fingerprint density at radius 2 is 2.00 bits per heavy atom. The van der Waals surface area contributed by atoms with Gasteiger partial charge >= 0.3 is 0 Å². The highest BCUT2D eigenvalue weighted by molar-refractivity contribution is 9.10. The number of halogens is 1. The van der Waals surface area contributed by atoms with E-state index < -0.39 is 0 Å². The Morgan fingerprint density at radius 1 is 1.17 bits per heavy atom. The lowest BCUT2D eigenvalue weighted by Crippen LogP contribution is -2.16. The van der Waals surface area contributed by atoms with E-state index in [1.165, 1.54) is 0 Å². The minimum Gasteiger partial charge on any atom is -0.494 e. The quantitative estimate of drug-likeness (QED) is 0.794. The molecule has 0 amide bonds. The number of rotatable bonds is 7. The zero-order valence-corrected chi connectivity index (χ0v) is 11.7. The molecule has 4 heteroatoms. The molecule has 2 rings (SSSR count). The van der Waals surface area contributed by atoms with E-state index in [-0.39, 0.29) is 0 Å². The van der Waals surface area contributed by atoms with Crippen molar-refractivity contribution in [2.45, 2.75) is 13.0 Å². The molecular formula is C14H16BrNO2. The maximum atomic E-state index is 5.59. The summed E-state index contributed by atoms with van der Waals surface area (Å²) in [6.45, 7) is 2.36. The third-order valence-electron chi connectivity index (χ3n) is 2.49. The van der Waals surface area contributed by atoms with Crippen LogP contribution in [0.1, 0.15) is 12.2 Å². The van der Waals surface area contributed by atoms with Gasteiger partial charge in [-0.3, -0.25) is 0 Å². The predicted octanol–water partition coefficient (Wildman–Crippen LogP) is 3.60. The molecule has 0 saturated heterocycles. The van der Waals surface area contributed by atoms with E-state index in [1.54, 1.807) is 6.26 Å². The molecule has 3 nitrogen and oxygen atoms in total. The van der Waals surface area contributed by atoms with Gasteiger partial charge in [-0.25, -0.2) is 0 Å². The van der Waals surface area contributed by atoms with E-state index in [4.69, 9.17) is 9.15 Å². The Hall–Kier alpha value is -1.26. The van der Waals surface area contributed by atoms with Gasteiger partial charge in [0.2, 0.25) is 0 Å². The highest BCUT2D eigenvalue weighted by atomic mass is 79.9. The molecule has 2 aromatic rings. The van der Waals surface area contributed by atoms with Crippen LogP contribution in [0.25, 0.3) is 0 Å². The minimum absolute atomic E-state index is 0.719. The van der Waals surface area contributed by atoms with E-state index in [0.29, 0.717) is 0 Å². The first-order valence-corrected chi connectivity index (χ1v) is 6.76. The second-order valence-electron chi connectivity index (χ2n) is 3.88. The van der Waals surface area contributed by atoms with Gasteiger partial charge in [-0.15, -0.1) is 0 Å². The summed E-state index contributed by atoms with van der Waals surface area (Å²) in [5, 5.41) is 3.31. The first-order chi connectivity index (χ1) is 8.86. The van der Waals surface area contributed by atoms with Gasteiger partial charge in [0.1, 0.15) is 11.5 Å². The van der Waals surface area contributed by atoms with Crippen molar-refractivity contribution in [2.75, 3.05) is 13.2 Å². The summed E-state index contributed by atoms with van der Waals surface area (Å²) in [4.78, 5) is 0. The van der Waals surface area contributed by atoms with Crippen LogP contribution >= 0.6 is 15.9 Å². The van der Waals surface area contributed by atoms with Crippen molar-refractivity contribution >= 4 is 15.9 Å². The van der Waals surface area contributed by atoms with E-state index in [0.717, 1.165) is 42.1 Å². The highest BCUT2D eigenvalue weighted by Gasteiger charge is 2.01. The van der Waals surface area contributed by atoms with Gasteiger partial charge in [0.25, 0.3) is 0 Å². The second-order valence-corrected chi connectivity index (χ2v) is 4.74. The lowest BCUT2D eigenvalue weighted by Gasteiger charge is -2.06. The molecule has 18 heavy (non-hydrogen) atoms. The fourth-order valence-corrected chi connectivity index (χ4v) is 1.90. The molecule has 0 unspecified atom stereocenters. The number of nitrogens with one attached hydrogen (secondary N) is 1. The lowest BCUT2D eigenvalue weighted by atomic mass is 10.3. The number of ether oxygens (including phenoxy) is 1. The molecule has 1 aromatic carbocycles. The summed E-state index contributed by atoms with van der Waals surface area (Å²) in [7, 11) is 0. The number of para-hydroxylation sites is 1. The molecule has 1 aromatic heterocycles. The lowest BCUT2D eigenvalue weighted by molar-refractivity contribution is 0.307. The van der Waals surface area contributed by atoms with Gasteiger partial charge in [0, 0.05) is 0 Å². The molecule has 0 bridgehead atoms. The maximum Gasteiger partial charge on any atom is 0.131 e. The first-order valence-electron chi connectivity index (χ1n) is 5.96. The van der Waals surface area contributed by atoms with Crippen molar-refractivity contribution in [2.24, 2.45) is 0 Å².